The number of nitrogens with zero attached hydrogens (tertiary/aromatic N) is 2. The molecule has 0 radical (unpaired) electrons. The molecule has 0 N–H and O–H groups in total. The minimum atomic E-state index is -4.46. The average Bonchev–Trinajstić information content (AvgIpc) is 2.67. The molecule has 174 valence electrons. The van der Waals surface area contributed by atoms with E-state index in [1.54, 1.807) is 25.7 Å². The molecule has 1 aliphatic carbocycles. The number of amides is 1. The molecule has 0 unspecified atom stereocenters. The molecule has 3 aliphatic rings. The Morgan fingerprint density at radius 3 is 2.55 bits per heavy atom. The van der Waals surface area contributed by atoms with Crippen molar-refractivity contribution in [1.29, 1.82) is 0 Å². The van der Waals surface area contributed by atoms with Crippen molar-refractivity contribution in [2.24, 2.45) is 5.92 Å². The number of halogens is 3. The zero-order chi connectivity index (χ0) is 22.8. The maximum absolute atomic E-state index is 13.0. The van der Waals surface area contributed by atoms with E-state index < -0.39 is 29.5 Å². The third kappa shape index (κ3) is 5.79. The summed E-state index contributed by atoms with van der Waals surface area (Å²) in [6, 6.07) is 1.67. The molecular weight excluding hydrogens is 417 g/mol. The van der Waals surface area contributed by atoms with Gasteiger partial charge in [0.25, 0.3) is 0 Å². The molecule has 1 saturated carbocycles. The van der Waals surface area contributed by atoms with E-state index >= 15 is 0 Å². The first-order valence-corrected chi connectivity index (χ1v) is 10.3. The zero-order valence-electron chi connectivity index (χ0n) is 18.1. The van der Waals surface area contributed by atoms with Crippen molar-refractivity contribution in [3.05, 3.63) is 23.9 Å². The third-order valence-electron chi connectivity index (χ3n) is 5.49. The quantitative estimate of drug-likeness (QED) is 0.481. The molecule has 0 aromatic carbocycles. The molecule has 4 atom stereocenters. The molecule has 10 heteroatoms. The summed E-state index contributed by atoms with van der Waals surface area (Å²) in [6.45, 7) is 5.81. The van der Waals surface area contributed by atoms with Crippen LogP contribution in [0.5, 0.6) is 5.88 Å². The van der Waals surface area contributed by atoms with Gasteiger partial charge in [0.2, 0.25) is 5.88 Å². The highest BCUT2D eigenvalue weighted by Gasteiger charge is 2.51. The Bertz CT molecular complexity index is 751. The van der Waals surface area contributed by atoms with E-state index in [1.165, 1.54) is 13.2 Å². The minimum absolute atomic E-state index is 0.0990. The number of fused-ring (bicyclic) bond motifs is 3. The van der Waals surface area contributed by atoms with Crippen LogP contribution in [0.25, 0.3) is 0 Å². The molecule has 0 spiro atoms. The lowest BCUT2D eigenvalue weighted by Gasteiger charge is -2.53. The first-order chi connectivity index (χ1) is 14.5. The predicted octanol–water partition coefficient (Wildman–Crippen LogP) is 4.26. The second kappa shape index (κ2) is 9.20. The summed E-state index contributed by atoms with van der Waals surface area (Å²) in [5, 5.41) is 0. The molecule has 7 nitrogen and oxygen atoms in total. The Hall–Kier alpha value is -2.07. The number of hydrogen-bond donors (Lipinski definition) is 0. The summed E-state index contributed by atoms with van der Waals surface area (Å²) in [5.74, 6) is 0.204. The standard InChI is InChI=1S/C21H29F3N2O5/c1-20(2,3)31-19(27)26-15-7-5-13(16(26)11-29-12-28-4)9-17(15)30-18-8-6-14(10-25-18)21(22,23)24/h6,8,10,13,15-17H,5,7,9,11-12H2,1-4H3/t13-,15+,16-,17-/m1/s1. The molecule has 2 aliphatic heterocycles. The lowest BCUT2D eigenvalue weighted by atomic mass is 9.73. The van der Waals surface area contributed by atoms with Crippen molar-refractivity contribution >= 4 is 6.09 Å². The van der Waals surface area contributed by atoms with Crippen molar-refractivity contribution < 1.29 is 36.9 Å². The van der Waals surface area contributed by atoms with Crippen LogP contribution >= 0.6 is 0 Å². The van der Waals surface area contributed by atoms with Gasteiger partial charge in [-0.15, -0.1) is 0 Å². The fourth-order valence-corrected chi connectivity index (χ4v) is 4.24. The molecule has 3 heterocycles. The highest BCUT2D eigenvalue weighted by Crippen LogP contribution is 2.42. The fourth-order valence-electron chi connectivity index (χ4n) is 4.24. The summed E-state index contributed by atoms with van der Waals surface area (Å²) >= 11 is 0. The number of piperidine rings is 2. The van der Waals surface area contributed by atoms with Crippen LogP contribution in [-0.4, -0.2) is 60.3 Å². The van der Waals surface area contributed by atoms with Gasteiger partial charge in [0.1, 0.15) is 18.5 Å². The summed E-state index contributed by atoms with van der Waals surface area (Å²) in [6.07, 6.45) is -2.31. The van der Waals surface area contributed by atoms with E-state index in [4.69, 9.17) is 18.9 Å². The maximum Gasteiger partial charge on any atom is 0.417 e. The average molecular weight is 446 g/mol. The Balaban J connectivity index is 1.77. The van der Waals surface area contributed by atoms with Crippen molar-refractivity contribution in [3.8, 4) is 5.88 Å². The highest BCUT2D eigenvalue weighted by molar-refractivity contribution is 5.69. The van der Waals surface area contributed by atoms with Gasteiger partial charge >= 0.3 is 12.3 Å². The topological polar surface area (TPSA) is 70.1 Å². The normalized spacial score (nSPS) is 26.1. The molecule has 4 rings (SSSR count). The summed E-state index contributed by atoms with van der Waals surface area (Å²) in [7, 11) is 1.53. The van der Waals surface area contributed by atoms with Gasteiger partial charge in [0.05, 0.1) is 24.3 Å². The number of alkyl halides is 3. The molecule has 3 fully saturated rings. The van der Waals surface area contributed by atoms with E-state index in [-0.39, 0.29) is 30.7 Å². The van der Waals surface area contributed by atoms with Gasteiger partial charge in [-0.1, -0.05) is 0 Å². The second-order valence-corrected chi connectivity index (χ2v) is 8.91. The van der Waals surface area contributed by atoms with E-state index in [0.29, 0.717) is 19.4 Å². The van der Waals surface area contributed by atoms with Gasteiger partial charge < -0.3 is 18.9 Å². The lowest BCUT2D eigenvalue weighted by molar-refractivity contribution is -0.138. The van der Waals surface area contributed by atoms with Crippen LogP contribution < -0.4 is 4.74 Å². The van der Waals surface area contributed by atoms with E-state index in [9.17, 15) is 18.0 Å². The van der Waals surface area contributed by atoms with Crippen molar-refractivity contribution in [2.75, 3.05) is 20.5 Å². The van der Waals surface area contributed by atoms with Gasteiger partial charge in [-0.05, 0) is 52.0 Å². The number of ether oxygens (including phenoxy) is 4. The third-order valence-corrected chi connectivity index (χ3v) is 5.49. The highest BCUT2D eigenvalue weighted by atomic mass is 19.4. The number of methoxy groups -OCH3 is 1. The van der Waals surface area contributed by atoms with Crippen molar-refractivity contribution in [2.45, 2.75) is 70.0 Å². The van der Waals surface area contributed by atoms with Crippen LogP contribution in [0.2, 0.25) is 0 Å². The van der Waals surface area contributed by atoms with Crippen LogP contribution in [-0.2, 0) is 20.4 Å². The Morgan fingerprint density at radius 2 is 1.97 bits per heavy atom. The maximum atomic E-state index is 13.0. The molecule has 31 heavy (non-hydrogen) atoms. The van der Waals surface area contributed by atoms with Gasteiger partial charge in [-0.2, -0.15) is 13.2 Å². The molecule has 1 amide bonds. The lowest BCUT2D eigenvalue weighted by Crippen LogP contribution is -2.65. The van der Waals surface area contributed by atoms with E-state index in [0.717, 1.165) is 18.7 Å². The smallest absolute Gasteiger partial charge is 0.417 e. The van der Waals surface area contributed by atoms with Crippen LogP contribution in [0, 0.1) is 5.92 Å². The van der Waals surface area contributed by atoms with Gasteiger partial charge in [-0.25, -0.2) is 9.78 Å². The van der Waals surface area contributed by atoms with E-state index in [2.05, 4.69) is 4.98 Å². The van der Waals surface area contributed by atoms with Crippen LogP contribution in [0.4, 0.5) is 18.0 Å². The SMILES string of the molecule is COCOC[C@@H]1[C@@H]2CC[C@@H]([C@H](Oc3ccc(C(F)(F)F)cn3)C2)N1C(=O)OC(C)(C)C. The van der Waals surface area contributed by atoms with Gasteiger partial charge in [-0.3, -0.25) is 4.90 Å². The number of aromatic nitrogens is 1. The zero-order valence-corrected chi connectivity index (χ0v) is 18.1. The number of hydrogen-bond acceptors (Lipinski definition) is 6. The minimum Gasteiger partial charge on any atom is -0.472 e. The Morgan fingerprint density at radius 1 is 1.23 bits per heavy atom. The molecule has 1 aromatic rings. The summed E-state index contributed by atoms with van der Waals surface area (Å²) < 4.78 is 60.4. The predicted molar refractivity (Wildman–Crippen MR) is 104 cm³/mol. The number of rotatable bonds is 6. The molecule has 1 aromatic heterocycles. The van der Waals surface area contributed by atoms with Gasteiger partial charge in [0, 0.05) is 19.4 Å². The van der Waals surface area contributed by atoms with Crippen LogP contribution in [0.15, 0.2) is 18.3 Å². The summed E-state index contributed by atoms with van der Waals surface area (Å²) in [5.41, 5.74) is -1.51. The largest absolute Gasteiger partial charge is 0.472 e. The van der Waals surface area contributed by atoms with Gasteiger partial charge in [0.15, 0.2) is 0 Å². The summed E-state index contributed by atoms with van der Waals surface area (Å²) in [4.78, 5) is 18.5. The number of carbonyl (C=O) groups is 1. The first kappa shape index (κ1) is 23.6. The number of carbonyl (C=O) groups excluding carboxylic acids is 1. The number of pyridine rings is 1. The first-order valence-electron chi connectivity index (χ1n) is 10.3. The molecule has 2 saturated heterocycles. The van der Waals surface area contributed by atoms with Crippen LogP contribution in [0.1, 0.15) is 45.6 Å². The fraction of sp³-hybridized carbons (Fsp3) is 0.714. The van der Waals surface area contributed by atoms with E-state index in [1.807, 2.05) is 0 Å². The Kier molecular flexibility index (Phi) is 7.00. The molecular formula is C21H29F3N2O5. The molecule has 2 bridgehead atoms. The van der Waals surface area contributed by atoms with Crippen molar-refractivity contribution in [1.82, 2.24) is 9.88 Å². The Labute approximate surface area is 179 Å². The van der Waals surface area contributed by atoms with Crippen molar-refractivity contribution in [3.63, 3.8) is 0 Å². The monoisotopic (exact) mass is 446 g/mol. The van der Waals surface area contributed by atoms with Crippen LogP contribution in [0.3, 0.4) is 0 Å². The second-order valence-electron chi connectivity index (χ2n) is 8.91.